The molecule has 0 spiro atoms. The molecule has 10 heteroatoms. The summed E-state index contributed by atoms with van der Waals surface area (Å²) in [5, 5.41) is 0. The number of likely N-dealkylation sites (N-methyl/N-ethyl adjacent to an activating group) is 1. The first-order chi connectivity index (χ1) is 49.0. The molecule has 590 valence electrons. The lowest BCUT2D eigenvalue weighted by Crippen LogP contribution is -2.37. The lowest BCUT2D eigenvalue weighted by atomic mass is 10.0. The number of phosphoric ester groups is 1. The molecule has 0 saturated carbocycles. The van der Waals surface area contributed by atoms with Crippen molar-refractivity contribution < 1.29 is 42.1 Å². The molecule has 0 aromatic carbocycles. The number of allylic oxidation sites excluding steroid dienone is 8. The Balaban J connectivity index is 3.84. The monoisotopic (exact) mass is 1430 g/mol. The zero-order valence-corrected chi connectivity index (χ0v) is 68.6. The third kappa shape index (κ3) is 84.9. The number of esters is 2. The highest BCUT2D eigenvalue weighted by Crippen LogP contribution is 2.43. The van der Waals surface area contributed by atoms with E-state index in [1.807, 2.05) is 21.1 Å². The van der Waals surface area contributed by atoms with Gasteiger partial charge in [0.2, 0.25) is 0 Å². The maximum atomic E-state index is 12.9. The van der Waals surface area contributed by atoms with E-state index in [2.05, 4.69) is 62.5 Å². The van der Waals surface area contributed by atoms with Crippen LogP contribution in [0.2, 0.25) is 0 Å². The van der Waals surface area contributed by atoms with Crippen molar-refractivity contribution in [2.45, 2.75) is 469 Å². The molecule has 2 atom stereocenters. The molecule has 0 aliphatic rings. The standard InChI is InChI=1S/C90H172NO8P/c1-6-8-10-12-14-16-18-20-22-24-26-28-30-32-34-36-38-40-42-44-45-47-49-51-53-55-57-59-61-63-65-67-69-71-73-75-77-79-81-83-90(93)99-88(87-98-100(94,95)97-85-84-91(3,4)5)86-96-89(92)82-80-78-76-74-72-70-68-66-64-62-60-58-56-54-52-50-48-46-43-41-39-37-35-33-31-29-27-25-23-21-19-17-15-13-11-9-7-2/h8,10,14,16,20,22,26,28,88H,6-7,9,11-13,15,17-19,21,23-25,27,29-87H2,1-5H3/p+1/b10-8-,16-14-,22-20-,28-26-. The highest BCUT2D eigenvalue weighted by molar-refractivity contribution is 7.47. The molecule has 0 saturated heterocycles. The van der Waals surface area contributed by atoms with E-state index in [4.69, 9.17) is 18.5 Å². The Morgan fingerprint density at radius 2 is 0.570 bits per heavy atom. The summed E-state index contributed by atoms with van der Waals surface area (Å²) in [7, 11) is 1.51. The zero-order chi connectivity index (χ0) is 72.5. The lowest BCUT2D eigenvalue weighted by Gasteiger charge is -2.24. The van der Waals surface area contributed by atoms with Crippen LogP contribution >= 0.6 is 7.82 Å². The van der Waals surface area contributed by atoms with E-state index in [9.17, 15) is 19.0 Å². The molecule has 0 aliphatic heterocycles. The number of quaternary nitrogens is 1. The molecule has 0 bridgehead atoms. The maximum Gasteiger partial charge on any atom is 0.472 e. The number of nitrogens with zero attached hydrogens (tertiary/aromatic N) is 1. The SMILES string of the molecule is CC/C=C\C/C=C\C/C=C\C/C=C\CCCCCCCCCCCCCCCCCCCCCCCCCCCCC(=O)OC(COC(=O)CCCCCCCCCCCCCCCCCCCCCCCCCCCCCCCCCCCCCCC)COP(=O)(O)OCC[N+](C)(C)C. The van der Waals surface area contributed by atoms with E-state index >= 15 is 0 Å². The summed E-state index contributed by atoms with van der Waals surface area (Å²) in [5.41, 5.74) is 0. The molecule has 100 heavy (non-hydrogen) atoms. The fourth-order valence-corrected chi connectivity index (χ4v) is 14.4. The van der Waals surface area contributed by atoms with E-state index in [0.29, 0.717) is 23.9 Å². The highest BCUT2D eigenvalue weighted by Gasteiger charge is 2.27. The van der Waals surface area contributed by atoms with E-state index in [0.717, 1.165) is 57.8 Å². The van der Waals surface area contributed by atoms with Crippen molar-refractivity contribution in [3.8, 4) is 0 Å². The van der Waals surface area contributed by atoms with Crippen molar-refractivity contribution in [1.82, 2.24) is 0 Å². The quantitative estimate of drug-likeness (QED) is 0.0211. The Hall–Kier alpha value is -2.03. The molecular formula is C90H173NO8P+. The van der Waals surface area contributed by atoms with Crippen LogP contribution in [-0.4, -0.2) is 74.9 Å². The Morgan fingerprint density at radius 1 is 0.320 bits per heavy atom. The van der Waals surface area contributed by atoms with Gasteiger partial charge in [0.25, 0.3) is 0 Å². The number of ether oxygens (including phenoxy) is 2. The van der Waals surface area contributed by atoms with Crippen molar-refractivity contribution in [2.75, 3.05) is 47.5 Å². The minimum absolute atomic E-state index is 0.0357. The molecule has 0 aromatic rings. The van der Waals surface area contributed by atoms with Gasteiger partial charge in [-0.25, -0.2) is 4.57 Å². The van der Waals surface area contributed by atoms with E-state index in [1.165, 1.54) is 372 Å². The van der Waals surface area contributed by atoms with Crippen molar-refractivity contribution in [3.05, 3.63) is 48.6 Å². The average molecular weight is 1430 g/mol. The van der Waals surface area contributed by atoms with Gasteiger partial charge in [0, 0.05) is 12.8 Å². The molecule has 9 nitrogen and oxygen atoms in total. The van der Waals surface area contributed by atoms with Crippen LogP contribution in [0, 0.1) is 0 Å². The predicted molar refractivity (Wildman–Crippen MR) is 437 cm³/mol. The third-order valence-electron chi connectivity index (χ3n) is 20.4. The van der Waals surface area contributed by atoms with Gasteiger partial charge in [-0.1, -0.05) is 448 Å². The summed E-state index contributed by atoms with van der Waals surface area (Å²) in [4.78, 5) is 36.1. The summed E-state index contributed by atoms with van der Waals surface area (Å²) >= 11 is 0. The third-order valence-corrected chi connectivity index (χ3v) is 21.4. The molecule has 0 rings (SSSR count). The van der Waals surface area contributed by atoms with Gasteiger partial charge in [-0.3, -0.25) is 18.6 Å². The molecule has 2 unspecified atom stereocenters. The molecule has 0 fully saturated rings. The van der Waals surface area contributed by atoms with Gasteiger partial charge in [-0.05, 0) is 51.4 Å². The van der Waals surface area contributed by atoms with E-state index in [-0.39, 0.29) is 25.6 Å². The number of carbonyl (C=O) groups excluding carboxylic acids is 2. The summed E-state index contributed by atoms with van der Waals surface area (Å²) in [6.07, 6.45) is 109. The van der Waals surface area contributed by atoms with Crippen LogP contribution in [-0.2, 0) is 32.7 Å². The molecule has 0 aliphatic carbocycles. The zero-order valence-electron chi connectivity index (χ0n) is 67.7. The van der Waals surface area contributed by atoms with Crippen molar-refractivity contribution >= 4 is 19.8 Å². The van der Waals surface area contributed by atoms with Crippen LogP contribution in [0.5, 0.6) is 0 Å². The highest BCUT2D eigenvalue weighted by atomic mass is 31.2. The fourth-order valence-electron chi connectivity index (χ4n) is 13.7. The lowest BCUT2D eigenvalue weighted by molar-refractivity contribution is -0.870. The van der Waals surface area contributed by atoms with Gasteiger partial charge in [0.1, 0.15) is 19.8 Å². The smallest absolute Gasteiger partial charge is 0.462 e. The second kappa shape index (κ2) is 81.1. The van der Waals surface area contributed by atoms with Crippen molar-refractivity contribution in [2.24, 2.45) is 0 Å². The molecule has 0 amide bonds. The second-order valence-corrected chi connectivity index (χ2v) is 33.1. The minimum Gasteiger partial charge on any atom is -0.462 e. The molecule has 0 aromatic heterocycles. The summed E-state index contributed by atoms with van der Waals surface area (Å²) in [5.74, 6) is -0.767. The maximum absolute atomic E-state index is 12.9. The number of hydrogen-bond donors (Lipinski definition) is 1. The fraction of sp³-hybridized carbons (Fsp3) is 0.889. The Morgan fingerprint density at radius 3 is 0.850 bits per heavy atom. The summed E-state index contributed by atoms with van der Waals surface area (Å²) in [6, 6.07) is 0. The van der Waals surface area contributed by atoms with Gasteiger partial charge in [-0.2, -0.15) is 0 Å². The normalized spacial score (nSPS) is 13.1. The topological polar surface area (TPSA) is 108 Å². The minimum atomic E-state index is -4.39. The molecule has 1 N–H and O–H groups in total. The summed E-state index contributed by atoms with van der Waals surface area (Å²) < 4.78 is 34.9. The van der Waals surface area contributed by atoms with Crippen molar-refractivity contribution in [3.63, 3.8) is 0 Å². The van der Waals surface area contributed by atoms with Crippen LogP contribution in [0.25, 0.3) is 0 Å². The largest absolute Gasteiger partial charge is 0.472 e. The van der Waals surface area contributed by atoms with Gasteiger partial charge in [0.15, 0.2) is 6.10 Å². The van der Waals surface area contributed by atoms with Crippen LogP contribution in [0.15, 0.2) is 48.6 Å². The molecule has 0 radical (unpaired) electrons. The number of unbranched alkanes of at least 4 members (excludes halogenated alkanes) is 62. The van der Waals surface area contributed by atoms with Gasteiger partial charge in [0.05, 0.1) is 27.7 Å². The van der Waals surface area contributed by atoms with Crippen LogP contribution in [0.1, 0.15) is 463 Å². The Bertz CT molecular complexity index is 1830. The Labute approximate surface area is 624 Å². The average Bonchev–Trinajstić information content (AvgIpc) is 1.07. The van der Waals surface area contributed by atoms with Crippen molar-refractivity contribution in [1.29, 1.82) is 0 Å². The molecular weight excluding hydrogens is 1250 g/mol. The first-order valence-electron chi connectivity index (χ1n) is 44.4. The van der Waals surface area contributed by atoms with E-state index in [1.54, 1.807) is 0 Å². The number of phosphoric acid groups is 1. The first-order valence-corrected chi connectivity index (χ1v) is 45.9. The number of rotatable bonds is 84. The van der Waals surface area contributed by atoms with Crippen LogP contribution in [0.4, 0.5) is 0 Å². The first kappa shape index (κ1) is 98.0. The van der Waals surface area contributed by atoms with Gasteiger partial charge >= 0.3 is 19.8 Å². The van der Waals surface area contributed by atoms with Crippen LogP contribution in [0.3, 0.4) is 0 Å². The van der Waals surface area contributed by atoms with E-state index < -0.39 is 26.5 Å². The van der Waals surface area contributed by atoms with Crippen LogP contribution < -0.4 is 0 Å². The number of hydrogen-bond acceptors (Lipinski definition) is 7. The number of carbonyl (C=O) groups is 2. The molecule has 0 heterocycles. The Kier molecular flexibility index (Phi) is 79.4. The second-order valence-electron chi connectivity index (χ2n) is 31.6. The predicted octanol–water partition coefficient (Wildman–Crippen LogP) is 29.9. The van der Waals surface area contributed by atoms with Gasteiger partial charge < -0.3 is 18.9 Å². The summed E-state index contributed by atoms with van der Waals surface area (Å²) in [6.45, 7) is 4.42. The van der Waals surface area contributed by atoms with Gasteiger partial charge in [-0.15, -0.1) is 0 Å².